The highest BCUT2D eigenvalue weighted by atomic mass is 16.3. The summed E-state index contributed by atoms with van der Waals surface area (Å²) in [5.74, 6) is 0. The van der Waals surface area contributed by atoms with Crippen molar-refractivity contribution < 1.29 is 5.11 Å². The van der Waals surface area contributed by atoms with Crippen molar-refractivity contribution in [2.75, 3.05) is 31.5 Å². The molecular weight excluding hydrogens is 224 g/mol. The summed E-state index contributed by atoms with van der Waals surface area (Å²) in [5, 5.41) is 13.4. The number of benzene rings is 1. The van der Waals surface area contributed by atoms with Crippen LogP contribution < -0.4 is 5.32 Å². The fraction of sp³-hybridized carbons (Fsp3) is 0.600. The summed E-state index contributed by atoms with van der Waals surface area (Å²) in [5.41, 5.74) is 3.69. The Hall–Kier alpha value is -1.06. The Balaban J connectivity index is 1.81. The lowest BCUT2D eigenvalue weighted by atomic mass is 10.1. The van der Waals surface area contributed by atoms with Gasteiger partial charge in [0, 0.05) is 18.8 Å². The summed E-state index contributed by atoms with van der Waals surface area (Å²) in [6.07, 6.45) is 2.26. The van der Waals surface area contributed by atoms with Crippen LogP contribution in [0.4, 0.5) is 5.69 Å². The summed E-state index contributed by atoms with van der Waals surface area (Å²) in [6, 6.07) is 6.24. The third-order valence-corrected chi connectivity index (χ3v) is 3.80. The van der Waals surface area contributed by atoms with Gasteiger partial charge in [-0.3, -0.25) is 0 Å². The van der Waals surface area contributed by atoms with E-state index < -0.39 is 0 Å². The lowest BCUT2D eigenvalue weighted by Crippen LogP contribution is -2.34. The van der Waals surface area contributed by atoms with Gasteiger partial charge in [-0.25, -0.2) is 0 Å². The van der Waals surface area contributed by atoms with E-state index in [-0.39, 0.29) is 6.10 Å². The Kier molecular flexibility index (Phi) is 4.61. The van der Waals surface area contributed by atoms with E-state index in [1.54, 1.807) is 0 Å². The number of likely N-dealkylation sites (tertiary alicyclic amines) is 1. The molecule has 1 aliphatic heterocycles. The van der Waals surface area contributed by atoms with Gasteiger partial charge in [-0.05, 0) is 57.0 Å². The van der Waals surface area contributed by atoms with E-state index in [9.17, 15) is 5.11 Å². The SMILES string of the molecule is Cc1cccc(NCC(O)CN2CCCC2)c1C. The number of nitrogens with zero attached hydrogens (tertiary/aromatic N) is 1. The van der Waals surface area contributed by atoms with Gasteiger partial charge in [-0.2, -0.15) is 0 Å². The number of aliphatic hydroxyl groups excluding tert-OH is 1. The smallest absolute Gasteiger partial charge is 0.0839 e. The zero-order chi connectivity index (χ0) is 13.0. The number of nitrogens with one attached hydrogen (secondary N) is 1. The van der Waals surface area contributed by atoms with E-state index in [1.165, 1.54) is 24.0 Å². The number of aliphatic hydroxyl groups is 1. The van der Waals surface area contributed by atoms with Crippen molar-refractivity contribution >= 4 is 5.69 Å². The summed E-state index contributed by atoms with van der Waals surface area (Å²) in [4.78, 5) is 2.34. The maximum Gasteiger partial charge on any atom is 0.0839 e. The van der Waals surface area contributed by atoms with Crippen molar-refractivity contribution in [3.8, 4) is 0 Å². The van der Waals surface area contributed by atoms with Crippen LogP contribution in [0.5, 0.6) is 0 Å². The first-order valence-electron chi connectivity index (χ1n) is 6.87. The van der Waals surface area contributed by atoms with E-state index >= 15 is 0 Å². The van der Waals surface area contributed by atoms with Crippen molar-refractivity contribution in [1.29, 1.82) is 0 Å². The second-order valence-electron chi connectivity index (χ2n) is 5.29. The first kappa shape index (κ1) is 13.4. The molecule has 0 spiro atoms. The van der Waals surface area contributed by atoms with Gasteiger partial charge in [-0.15, -0.1) is 0 Å². The van der Waals surface area contributed by atoms with Gasteiger partial charge in [0.05, 0.1) is 6.10 Å². The number of aryl methyl sites for hydroxylation is 1. The molecule has 3 nitrogen and oxygen atoms in total. The molecule has 1 unspecified atom stereocenters. The van der Waals surface area contributed by atoms with E-state index in [0.717, 1.165) is 25.3 Å². The van der Waals surface area contributed by atoms with Crippen LogP contribution in [-0.4, -0.2) is 42.3 Å². The molecule has 0 aliphatic carbocycles. The maximum atomic E-state index is 10.0. The molecule has 2 rings (SSSR count). The first-order valence-corrected chi connectivity index (χ1v) is 6.87. The third-order valence-electron chi connectivity index (χ3n) is 3.80. The minimum Gasteiger partial charge on any atom is -0.390 e. The number of hydrogen-bond donors (Lipinski definition) is 2. The summed E-state index contributed by atoms with van der Waals surface area (Å²) >= 11 is 0. The van der Waals surface area contributed by atoms with E-state index in [0.29, 0.717) is 6.54 Å². The molecular formula is C15H24N2O. The molecule has 1 aromatic carbocycles. The van der Waals surface area contributed by atoms with Gasteiger partial charge < -0.3 is 15.3 Å². The van der Waals surface area contributed by atoms with Crippen molar-refractivity contribution in [3.05, 3.63) is 29.3 Å². The Bertz CT molecular complexity index is 386. The third kappa shape index (κ3) is 3.47. The maximum absolute atomic E-state index is 10.0. The normalized spacial score (nSPS) is 17.9. The lowest BCUT2D eigenvalue weighted by molar-refractivity contribution is 0.135. The molecule has 0 amide bonds. The van der Waals surface area contributed by atoms with Crippen molar-refractivity contribution in [2.24, 2.45) is 0 Å². The summed E-state index contributed by atoms with van der Waals surface area (Å²) in [7, 11) is 0. The molecule has 18 heavy (non-hydrogen) atoms. The highest BCUT2D eigenvalue weighted by molar-refractivity contribution is 5.53. The first-order chi connectivity index (χ1) is 8.66. The predicted molar refractivity (Wildman–Crippen MR) is 76.1 cm³/mol. The van der Waals surface area contributed by atoms with Gasteiger partial charge in [0.15, 0.2) is 0 Å². The molecule has 2 N–H and O–H groups in total. The van der Waals surface area contributed by atoms with Crippen molar-refractivity contribution in [1.82, 2.24) is 4.90 Å². The molecule has 3 heteroatoms. The highest BCUT2D eigenvalue weighted by Gasteiger charge is 2.15. The molecule has 0 radical (unpaired) electrons. The fourth-order valence-corrected chi connectivity index (χ4v) is 2.50. The molecule has 1 fully saturated rings. The quantitative estimate of drug-likeness (QED) is 0.838. The van der Waals surface area contributed by atoms with Gasteiger partial charge >= 0.3 is 0 Å². The zero-order valence-corrected chi connectivity index (χ0v) is 11.4. The predicted octanol–water partition coefficient (Wildman–Crippen LogP) is 2.17. The number of rotatable bonds is 5. The molecule has 1 heterocycles. The zero-order valence-electron chi connectivity index (χ0n) is 11.4. The topological polar surface area (TPSA) is 35.5 Å². The number of hydrogen-bond acceptors (Lipinski definition) is 3. The summed E-state index contributed by atoms with van der Waals surface area (Å²) in [6.45, 7) is 7.92. The minimum absolute atomic E-state index is 0.289. The second-order valence-corrected chi connectivity index (χ2v) is 5.29. The standard InChI is InChI=1S/C15H24N2O/c1-12-6-5-7-15(13(12)2)16-10-14(18)11-17-8-3-4-9-17/h5-7,14,16,18H,3-4,8-11H2,1-2H3. The molecule has 1 atom stereocenters. The van der Waals surface area contributed by atoms with Crippen LogP contribution in [0.25, 0.3) is 0 Å². The molecule has 100 valence electrons. The Morgan fingerprint density at radius 1 is 1.28 bits per heavy atom. The molecule has 1 aromatic rings. The second kappa shape index (κ2) is 6.21. The Labute approximate surface area is 110 Å². The van der Waals surface area contributed by atoms with Crippen molar-refractivity contribution in [2.45, 2.75) is 32.8 Å². The van der Waals surface area contributed by atoms with Crippen LogP contribution in [0.15, 0.2) is 18.2 Å². The van der Waals surface area contributed by atoms with E-state index in [1.807, 2.05) is 0 Å². The van der Waals surface area contributed by atoms with Gasteiger partial charge in [0.25, 0.3) is 0 Å². The fourth-order valence-electron chi connectivity index (χ4n) is 2.50. The molecule has 0 saturated carbocycles. The van der Waals surface area contributed by atoms with Crippen LogP contribution in [0.2, 0.25) is 0 Å². The largest absolute Gasteiger partial charge is 0.390 e. The van der Waals surface area contributed by atoms with E-state index in [2.05, 4.69) is 42.3 Å². The Morgan fingerprint density at radius 2 is 2.00 bits per heavy atom. The lowest BCUT2D eigenvalue weighted by Gasteiger charge is -2.20. The van der Waals surface area contributed by atoms with Crippen LogP contribution in [0, 0.1) is 13.8 Å². The van der Waals surface area contributed by atoms with E-state index in [4.69, 9.17) is 0 Å². The van der Waals surface area contributed by atoms with Crippen LogP contribution in [0.1, 0.15) is 24.0 Å². The monoisotopic (exact) mass is 248 g/mol. The van der Waals surface area contributed by atoms with Crippen LogP contribution >= 0.6 is 0 Å². The minimum atomic E-state index is -0.289. The van der Waals surface area contributed by atoms with Crippen LogP contribution in [-0.2, 0) is 0 Å². The van der Waals surface area contributed by atoms with Crippen molar-refractivity contribution in [3.63, 3.8) is 0 Å². The number of anilines is 1. The molecule has 1 saturated heterocycles. The average molecular weight is 248 g/mol. The van der Waals surface area contributed by atoms with Gasteiger partial charge in [0.2, 0.25) is 0 Å². The molecule has 1 aliphatic rings. The number of β-amino-alcohol motifs (C(OH)–C–C–N with tert-alkyl or cyclic N) is 1. The molecule has 0 aromatic heterocycles. The summed E-state index contributed by atoms with van der Waals surface area (Å²) < 4.78 is 0. The van der Waals surface area contributed by atoms with Gasteiger partial charge in [-0.1, -0.05) is 12.1 Å². The highest BCUT2D eigenvalue weighted by Crippen LogP contribution is 2.18. The average Bonchev–Trinajstić information content (AvgIpc) is 2.84. The van der Waals surface area contributed by atoms with Crippen LogP contribution in [0.3, 0.4) is 0 Å². The molecule has 0 bridgehead atoms. The van der Waals surface area contributed by atoms with Gasteiger partial charge in [0.1, 0.15) is 0 Å². The Morgan fingerprint density at radius 3 is 2.72 bits per heavy atom.